The summed E-state index contributed by atoms with van der Waals surface area (Å²) in [6.45, 7) is 1.62. The number of carbonyl (C=O) groups excluding carboxylic acids is 4. The van der Waals surface area contributed by atoms with Crippen LogP contribution in [-0.4, -0.2) is 42.7 Å². The minimum absolute atomic E-state index is 0.156. The predicted molar refractivity (Wildman–Crippen MR) is 149 cm³/mol. The highest BCUT2D eigenvalue weighted by Crippen LogP contribution is 2.56. The summed E-state index contributed by atoms with van der Waals surface area (Å²) in [6.07, 6.45) is 3.82. The molecule has 2 amide bonds. The number of aromatic hydroxyl groups is 1. The lowest BCUT2D eigenvalue weighted by molar-refractivity contribution is -0.123. The molecule has 4 unspecified atom stereocenters. The molecule has 1 fully saturated rings. The van der Waals surface area contributed by atoms with Crippen molar-refractivity contribution in [1.82, 2.24) is 0 Å². The molecule has 0 aromatic heterocycles. The first-order chi connectivity index (χ1) is 19.2. The monoisotopic (exact) mass is 603 g/mol. The number of nitrogens with zero attached hydrogens (tertiary/aromatic N) is 1. The zero-order chi connectivity index (χ0) is 28.5. The number of ketones is 2. The van der Waals surface area contributed by atoms with Gasteiger partial charge >= 0.3 is 0 Å². The number of ether oxygens (including phenoxy) is 2. The van der Waals surface area contributed by atoms with Gasteiger partial charge in [0.15, 0.2) is 23.1 Å². The summed E-state index contributed by atoms with van der Waals surface area (Å²) in [6, 6.07) is 10.3. The van der Waals surface area contributed by atoms with Gasteiger partial charge in [0.05, 0.1) is 31.7 Å². The highest BCUT2D eigenvalue weighted by atomic mass is 79.9. The van der Waals surface area contributed by atoms with Crippen molar-refractivity contribution in [3.05, 3.63) is 80.9 Å². The lowest BCUT2D eigenvalue weighted by Crippen LogP contribution is -2.39. The molecule has 3 aliphatic carbocycles. The van der Waals surface area contributed by atoms with Crippen molar-refractivity contribution in [2.45, 2.75) is 25.7 Å². The van der Waals surface area contributed by atoms with Gasteiger partial charge in [-0.2, -0.15) is 0 Å². The first kappa shape index (κ1) is 26.3. The number of carbonyl (C=O) groups is 4. The molecule has 2 aromatic carbocycles. The molecule has 8 nitrogen and oxygen atoms in total. The number of fused-ring (bicyclic) bond motifs is 3. The molecule has 4 aliphatic rings. The smallest absolute Gasteiger partial charge is 0.238 e. The summed E-state index contributed by atoms with van der Waals surface area (Å²) in [5.74, 6) is -3.33. The van der Waals surface area contributed by atoms with E-state index in [0.717, 1.165) is 10.0 Å². The van der Waals surface area contributed by atoms with Gasteiger partial charge in [-0.05, 0) is 73.7 Å². The Kier molecular flexibility index (Phi) is 6.29. The first-order valence-corrected chi connectivity index (χ1v) is 13.7. The van der Waals surface area contributed by atoms with Crippen LogP contribution in [0, 0.1) is 17.8 Å². The molecule has 204 valence electrons. The van der Waals surface area contributed by atoms with Crippen molar-refractivity contribution in [3.63, 3.8) is 0 Å². The molecule has 0 spiro atoms. The van der Waals surface area contributed by atoms with E-state index in [0.29, 0.717) is 34.4 Å². The fraction of sp³-hybridized carbons (Fsp3) is 0.290. The average molecular weight is 604 g/mol. The molecular formula is C31H26BrNO7. The van der Waals surface area contributed by atoms with Crippen molar-refractivity contribution < 1.29 is 33.8 Å². The summed E-state index contributed by atoms with van der Waals surface area (Å²) in [5, 5.41) is 10.6. The van der Waals surface area contributed by atoms with Crippen molar-refractivity contribution in [2.24, 2.45) is 17.8 Å². The Morgan fingerprint density at radius 1 is 0.950 bits per heavy atom. The van der Waals surface area contributed by atoms with Gasteiger partial charge in [-0.1, -0.05) is 27.6 Å². The number of hydrogen-bond acceptors (Lipinski definition) is 7. The van der Waals surface area contributed by atoms with Crippen LogP contribution in [0.25, 0.3) is 0 Å². The van der Waals surface area contributed by atoms with Crippen molar-refractivity contribution >= 4 is 45.0 Å². The molecule has 1 heterocycles. The highest BCUT2D eigenvalue weighted by Gasteiger charge is 2.56. The molecular weight excluding hydrogens is 578 g/mol. The largest absolute Gasteiger partial charge is 0.502 e. The average Bonchev–Trinajstić information content (AvgIpc) is 3.21. The molecule has 40 heavy (non-hydrogen) atoms. The number of halogens is 1. The number of methoxy groups -OCH3 is 2. The summed E-state index contributed by atoms with van der Waals surface area (Å²) in [7, 11) is 2.83. The van der Waals surface area contributed by atoms with Crippen LogP contribution in [-0.2, 0) is 19.2 Å². The lowest BCUT2D eigenvalue weighted by Gasteiger charge is -2.42. The molecule has 4 atom stereocenters. The Morgan fingerprint density at radius 2 is 1.60 bits per heavy atom. The van der Waals surface area contributed by atoms with E-state index < -0.39 is 23.7 Å². The van der Waals surface area contributed by atoms with E-state index in [4.69, 9.17) is 9.47 Å². The molecule has 0 bridgehead atoms. The summed E-state index contributed by atoms with van der Waals surface area (Å²) < 4.78 is 11.6. The standard InChI is InChI=1S/C31H26BrNO7/c1-14-10-22(34)21-13-20-18(25(27(21)28(14)35)15-11-23(39-2)29(36)24(12-15)40-3)8-9-19-26(20)31(38)33(30(19)37)17-6-4-16(32)5-7-17/h4-8,10-12,19-20,25-26,36H,9,13H2,1-3H3. The van der Waals surface area contributed by atoms with Crippen LogP contribution in [0.3, 0.4) is 0 Å². The van der Waals surface area contributed by atoms with E-state index in [1.165, 1.54) is 25.2 Å². The normalized spacial score (nSPS) is 25.8. The summed E-state index contributed by atoms with van der Waals surface area (Å²) in [5.41, 5.74) is 2.96. The van der Waals surface area contributed by atoms with Gasteiger partial charge in [-0.3, -0.25) is 24.1 Å². The lowest BCUT2D eigenvalue weighted by atomic mass is 9.59. The molecule has 1 N–H and O–H groups in total. The fourth-order valence-electron chi connectivity index (χ4n) is 6.67. The van der Waals surface area contributed by atoms with E-state index in [9.17, 15) is 24.3 Å². The maximum atomic E-state index is 14.0. The van der Waals surface area contributed by atoms with Gasteiger partial charge in [0.1, 0.15) is 0 Å². The minimum atomic E-state index is -0.678. The molecule has 0 radical (unpaired) electrons. The van der Waals surface area contributed by atoms with E-state index in [1.807, 2.05) is 6.08 Å². The number of phenolic OH excluding ortho intramolecular Hbond substituents is 1. The van der Waals surface area contributed by atoms with Gasteiger partial charge in [0, 0.05) is 27.1 Å². The first-order valence-electron chi connectivity index (χ1n) is 12.9. The minimum Gasteiger partial charge on any atom is -0.502 e. The maximum absolute atomic E-state index is 14.0. The van der Waals surface area contributed by atoms with Crippen LogP contribution < -0.4 is 14.4 Å². The second-order valence-electron chi connectivity index (χ2n) is 10.5. The number of hydrogen-bond donors (Lipinski definition) is 1. The number of imide groups is 1. The Morgan fingerprint density at radius 3 is 2.23 bits per heavy atom. The quantitative estimate of drug-likeness (QED) is 0.303. The Hall–Kier alpha value is -3.98. The zero-order valence-electron chi connectivity index (χ0n) is 22.1. The second kappa shape index (κ2) is 9.59. The molecule has 6 rings (SSSR count). The summed E-state index contributed by atoms with van der Waals surface area (Å²) >= 11 is 3.39. The number of anilines is 1. The van der Waals surface area contributed by atoms with Crippen LogP contribution in [0.5, 0.6) is 17.2 Å². The molecule has 2 aromatic rings. The van der Waals surface area contributed by atoms with Crippen LogP contribution in [0.4, 0.5) is 5.69 Å². The maximum Gasteiger partial charge on any atom is 0.238 e. The third-order valence-electron chi connectivity index (χ3n) is 8.49. The van der Waals surface area contributed by atoms with Gasteiger partial charge in [-0.15, -0.1) is 0 Å². The number of phenols is 1. The van der Waals surface area contributed by atoms with Crippen molar-refractivity contribution in [1.29, 1.82) is 0 Å². The second-order valence-corrected chi connectivity index (χ2v) is 11.4. The highest BCUT2D eigenvalue weighted by molar-refractivity contribution is 9.10. The number of Topliss-reactive ketones (excluding diaryl/α,β-unsaturated/α-hetero) is 1. The predicted octanol–water partition coefficient (Wildman–Crippen LogP) is 4.81. The van der Waals surface area contributed by atoms with E-state index in [-0.39, 0.29) is 47.1 Å². The van der Waals surface area contributed by atoms with E-state index in [1.54, 1.807) is 43.3 Å². The Balaban J connectivity index is 1.51. The van der Waals surface area contributed by atoms with Gasteiger partial charge in [0.2, 0.25) is 17.6 Å². The molecule has 0 saturated carbocycles. The molecule has 1 saturated heterocycles. The SMILES string of the molecule is COc1cc(C2C3=CCC4C(=O)N(c5ccc(Br)cc5)C(=O)C4C3CC3=C2C(=O)C(C)=CC3=O)cc(OC)c1O. The van der Waals surface area contributed by atoms with Crippen LogP contribution >= 0.6 is 15.9 Å². The van der Waals surface area contributed by atoms with Crippen molar-refractivity contribution in [2.75, 3.05) is 19.1 Å². The van der Waals surface area contributed by atoms with E-state index in [2.05, 4.69) is 15.9 Å². The molecule has 1 aliphatic heterocycles. The van der Waals surface area contributed by atoms with Crippen LogP contribution in [0.15, 0.2) is 75.3 Å². The number of amides is 2. The summed E-state index contributed by atoms with van der Waals surface area (Å²) in [4.78, 5) is 55.7. The fourth-order valence-corrected chi connectivity index (χ4v) is 6.93. The van der Waals surface area contributed by atoms with Crippen LogP contribution in [0.2, 0.25) is 0 Å². The molecule has 9 heteroatoms. The Labute approximate surface area is 239 Å². The van der Waals surface area contributed by atoms with Gasteiger partial charge < -0.3 is 14.6 Å². The third-order valence-corrected chi connectivity index (χ3v) is 9.01. The van der Waals surface area contributed by atoms with Gasteiger partial charge in [0.25, 0.3) is 0 Å². The number of rotatable bonds is 4. The topological polar surface area (TPSA) is 110 Å². The van der Waals surface area contributed by atoms with Crippen molar-refractivity contribution in [3.8, 4) is 17.2 Å². The Bertz CT molecular complexity index is 1570. The zero-order valence-corrected chi connectivity index (χ0v) is 23.7. The van der Waals surface area contributed by atoms with Gasteiger partial charge in [-0.25, -0.2) is 0 Å². The third kappa shape index (κ3) is 3.78. The number of allylic oxidation sites excluding steroid dienone is 6. The number of benzene rings is 2. The van der Waals surface area contributed by atoms with E-state index >= 15 is 0 Å². The van der Waals surface area contributed by atoms with Crippen LogP contribution in [0.1, 0.15) is 31.2 Å².